The lowest BCUT2D eigenvalue weighted by atomic mass is 9.84. The lowest BCUT2D eigenvalue weighted by Gasteiger charge is -2.31. The standard InChI is InChI=1S/C9H18O2/c1-3-7-4-5-8(10)9(6-7)11-2/h7-10H,3-6H2,1-2H3/t7-,8?,9-/m1/s1. The van der Waals surface area contributed by atoms with Crippen LogP contribution < -0.4 is 0 Å². The summed E-state index contributed by atoms with van der Waals surface area (Å²) < 4.78 is 5.19. The molecule has 0 spiro atoms. The normalized spacial score (nSPS) is 39.0. The van der Waals surface area contributed by atoms with E-state index in [2.05, 4.69) is 6.92 Å². The number of methoxy groups -OCH3 is 1. The first-order valence-corrected chi connectivity index (χ1v) is 4.48. The van der Waals surface area contributed by atoms with E-state index in [1.807, 2.05) is 0 Å². The van der Waals surface area contributed by atoms with E-state index in [1.54, 1.807) is 7.11 Å². The van der Waals surface area contributed by atoms with Crippen LogP contribution in [-0.2, 0) is 4.74 Å². The van der Waals surface area contributed by atoms with Gasteiger partial charge in [0.2, 0.25) is 0 Å². The van der Waals surface area contributed by atoms with Crippen LogP contribution in [0.3, 0.4) is 0 Å². The van der Waals surface area contributed by atoms with E-state index in [0.717, 1.165) is 25.2 Å². The van der Waals surface area contributed by atoms with Crippen LogP contribution in [-0.4, -0.2) is 24.4 Å². The molecule has 0 aliphatic heterocycles. The summed E-state index contributed by atoms with van der Waals surface area (Å²) in [5.74, 6) is 0.767. The van der Waals surface area contributed by atoms with Crippen molar-refractivity contribution in [3.63, 3.8) is 0 Å². The van der Waals surface area contributed by atoms with Crippen LogP contribution in [0.5, 0.6) is 0 Å². The molecule has 0 heterocycles. The van der Waals surface area contributed by atoms with Crippen LogP contribution in [0.4, 0.5) is 0 Å². The highest BCUT2D eigenvalue weighted by Crippen LogP contribution is 2.28. The van der Waals surface area contributed by atoms with Gasteiger partial charge in [0.25, 0.3) is 0 Å². The lowest BCUT2D eigenvalue weighted by Crippen LogP contribution is -2.34. The molecule has 0 radical (unpaired) electrons. The van der Waals surface area contributed by atoms with Crippen LogP contribution >= 0.6 is 0 Å². The average Bonchev–Trinajstić information content (AvgIpc) is 2.05. The molecule has 2 heteroatoms. The van der Waals surface area contributed by atoms with Crippen molar-refractivity contribution >= 4 is 0 Å². The van der Waals surface area contributed by atoms with Gasteiger partial charge in [-0.3, -0.25) is 0 Å². The van der Waals surface area contributed by atoms with Crippen molar-refractivity contribution in [2.45, 2.75) is 44.8 Å². The van der Waals surface area contributed by atoms with Gasteiger partial charge in [0.15, 0.2) is 0 Å². The summed E-state index contributed by atoms with van der Waals surface area (Å²) >= 11 is 0. The Morgan fingerprint density at radius 3 is 2.73 bits per heavy atom. The largest absolute Gasteiger partial charge is 0.390 e. The summed E-state index contributed by atoms with van der Waals surface area (Å²) in [4.78, 5) is 0. The number of hydrogen-bond acceptors (Lipinski definition) is 2. The van der Waals surface area contributed by atoms with E-state index in [9.17, 15) is 5.11 Å². The number of aliphatic hydroxyl groups excluding tert-OH is 1. The SMILES string of the molecule is CC[C@@H]1CCC(O)[C@H](OC)C1. The summed E-state index contributed by atoms with van der Waals surface area (Å²) in [7, 11) is 1.69. The lowest BCUT2D eigenvalue weighted by molar-refractivity contribution is -0.0507. The molecule has 11 heavy (non-hydrogen) atoms. The van der Waals surface area contributed by atoms with Crippen molar-refractivity contribution in [1.29, 1.82) is 0 Å². The maximum absolute atomic E-state index is 9.46. The van der Waals surface area contributed by atoms with Gasteiger partial charge in [0, 0.05) is 7.11 Å². The van der Waals surface area contributed by atoms with Crippen molar-refractivity contribution in [2.24, 2.45) is 5.92 Å². The van der Waals surface area contributed by atoms with Gasteiger partial charge in [-0.15, -0.1) is 0 Å². The highest BCUT2D eigenvalue weighted by Gasteiger charge is 2.27. The minimum Gasteiger partial charge on any atom is -0.390 e. The van der Waals surface area contributed by atoms with E-state index < -0.39 is 0 Å². The number of hydrogen-bond donors (Lipinski definition) is 1. The molecule has 1 saturated carbocycles. The number of ether oxygens (including phenoxy) is 1. The van der Waals surface area contributed by atoms with Crippen LogP contribution in [0.15, 0.2) is 0 Å². The summed E-state index contributed by atoms with van der Waals surface area (Å²) in [5.41, 5.74) is 0. The van der Waals surface area contributed by atoms with E-state index in [1.165, 1.54) is 6.42 Å². The number of aliphatic hydroxyl groups is 1. The molecule has 1 aliphatic carbocycles. The minimum absolute atomic E-state index is 0.0914. The first-order chi connectivity index (χ1) is 5.27. The summed E-state index contributed by atoms with van der Waals surface area (Å²) in [6.07, 6.45) is 4.20. The Morgan fingerprint density at radius 2 is 2.18 bits per heavy atom. The first kappa shape index (κ1) is 9.01. The molecule has 1 rings (SSSR count). The van der Waals surface area contributed by atoms with Gasteiger partial charge in [-0.2, -0.15) is 0 Å². The zero-order valence-electron chi connectivity index (χ0n) is 7.42. The zero-order chi connectivity index (χ0) is 8.27. The van der Waals surface area contributed by atoms with E-state index >= 15 is 0 Å². The molecule has 3 atom stereocenters. The molecule has 0 saturated heterocycles. The van der Waals surface area contributed by atoms with Crippen LogP contribution in [0.1, 0.15) is 32.6 Å². The third-order valence-electron chi connectivity index (χ3n) is 2.75. The maximum Gasteiger partial charge on any atom is 0.0832 e. The Labute approximate surface area is 68.6 Å². The van der Waals surface area contributed by atoms with Gasteiger partial charge in [0.1, 0.15) is 0 Å². The van der Waals surface area contributed by atoms with Gasteiger partial charge in [-0.05, 0) is 25.2 Å². The van der Waals surface area contributed by atoms with Crippen molar-refractivity contribution in [1.82, 2.24) is 0 Å². The van der Waals surface area contributed by atoms with Gasteiger partial charge in [-0.25, -0.2) is 0 Å². The van der Waals surface area contributed by atoms with Gasteiger partial charge >= 0.3 is 0 Å². The first-order valence-electron chi connectivity index (χ1n) is 4.48. The smallest absolute Gasteiger partial charge is 0.0832 e. The van der Waals surface area contributed by atoms with Crippen LogP contribution in [0, 0.1) is 5.92 Å². The average molecular weight is 158 g/mol. The molecule has 0 aromatic rings. The molecular formula is C9H18O2. The fourth-order valence-electron chi connectivity index (χ4n) is 1.82. The van der Waals surface area contributed by atoms with E-state index in [4.69, 9.17) is 4.74 Å². The maximum atomic E-state index is 9.46. The monoisotopic (exact) mass is 158 g/mol. The molecule has 1 fully saturated rings. The Kier molecular flexibility index (Phi) is 3.34. The summed E-state index contributed by atoms with van der Waals surface area (Å²) in [6, 6.07) is 0. The van der Waals surface area contributed by atoms with Gasteiger partial charge in [0.05, 0.1) is 12.2 Å². The van der Waals surface area contributed by atoms with Crippen molar-refractivity contribution in [3.8, 4) is 0 Å². The Morgan fingerprint density at radius 1 is 1.45 bits per heavy atom. The second kappa shape index (κ2) is 4.07. The Bertz CT molecular complexity index is 114. The highest BCUT2D eigenvalue weighted by atomic mass is 16.5. The summed E-state index contributed by atoms with van der Waals surface area (Å²) in [5, 5.41) is 9.46. The van der Waals surface area contributed by atoms with Crippen molar-refractivity contribution in [2.75, 3.05) is 7.11 Å². The fraction of sp³-hybridized carbons (Fsp3) is 1.00. The zero-order valence-corrected chi connectivity index (χ0v) is 7.42. The quantitative estimate of drug-likeness (QED) is 0.661. The van der Waals surface area contributed by atoms with Crippen molar-refractivity contribution in [3.05, 3.63) is 0 Å². The topological polar surface area (TPSA) is 29.5 Å². The van der Waals surface area contributed by atoms with Gasteiger partial charge in [-0.1, -0.05) is 13.3 Å². The van der Waals surface area contributed by atoms with Crippen molar-refractivity contribution < 1.29 is 9.84 Å². The second-order valence-corrected chi connectivity index (χ2v) is 3.43. The van der Waals surface area contributed by atoms with Gasteiger partial charge < -0.3 is 9.84 Å². The molecule has 0 bridgehead atoms. The molecule has 66 valence electrons. The Balaban J connectivity index is 2.37. The van der Waals surface area contributed by atoms with E-state index in [0.29, 0.717) is 0 Å². The predicted molar refractivity (Wildman–Crippen MR) is 44.4 cm³/mol. The third-order valence-corrected chi connectivity index (χ3v) is 2.75. The molecule has 2 nitrogen and oxygen atoms in total. The molecule has 1 N–H and O–H groups in total. The van der Waals surface area contributed by atoms with Crippen LogP contribution in [0.25, 0.3) is 0 Å². The second-order valence-electron chi connectivity index (χ2n) is 3.43. The molecule has 0 aromatic heterocycles. The molecule has 1 aliphatic rings. The molecular weight excluding hydrogens is 140 g/mol. The Hall–Kier alpha value is -0.0800. The minimum atomic E-state index is -0.220. The molecule has 0 aromatic carbocycles. The molecule has 1 unspecified atom stereocenters. The van der Waals surface area contributed by atoms with Crippen LogP contribution in [0.2, 0.25) is 0 Å². The van der Waals surface area contributed by atoms with E-state index in [-0.39, 0.29) is 12.2 Å². The fourth-order valence-corrected chi connectivity index (χ4v) is 1.82. The molecule has 0 amide bonds. The summed E-state index contributed by atoms with van der Waals surface area (Å²) in [6.45, 7) is 2.20. The third kappa shape index (κ3) is 2.17. The number of rotatable bonds is 2. The highest BCUT2D eigenvalue weighted by molar-refractivity contribution is 4.79. The predicted octanol–water partition coefficient (Wildman–Crippen LogP) is 1.57.